The van der Waals surface area contributed by atoms with Crippen LogP contribution in [0.3, 0.4) is 0 Å². The number of nitrogens with two attached hydrogens (primary N) is 1. The lowest BCUT2D eigenvalue weighted by atomic mass is 9.92. The van der Waals surface area contributed by atoms with E-state index in [0.29, 0.717) is 0 Å². The summed E-state index contributed by atoms with van der Waals surface area (Å²) in [4.78, 5) is 32.4. The standard InChI is InChI=1S/C10H20N2O3.2C8H14O6/c1-5-8(11)10(14-4)9(6(2)15-5)12-7(3)13;1-3-4(9)6(13-2)5(10)7(14-3)8(11)12;1-3-4(9)5(10)6(13-2)7(14-3)8(11)12/h5-6,8-10H,11H2,1-4H3,(H,12,13);2*3-7,9-10H,1-2H3,(H,11,12)/t5?,6-,8+,9?,10+;2*3-,4?,5-,6-,7?/m111/s1. The fourth-order valence-electron chi connectivity index (χ4n) is 5.04. The fraction of sp³-hybridized carbons (Fsp3) is 0.885. The van der Waals surface area contributed by atoms with Crippen LogP contribution in [-0.4, -0.2) is 161 Å². The van der Waals surface area contributed by atoms with Crippen LogP contribution in [0.1, 0.15) is 34.6 Å². The molecule has 3 saturated heterocycles. The Morgan fingerprint density at radius 2 is 1.09 bits per heavy atom. The zero-order chi connectivity index (χ0) is 33.3. The average Bonchev–Trinajstić information content (AvgIpc) is 2.93. The predicted octanol–water partition coefficient (Wildman–Crippen LogP) is -3.17. The SMILES string of the molecule is CO[C@@H]1C(NC(C)=O)[C@@H](C)OC(C)[C@@H]1N.CO[C@@H]1C(O)[C@@H](C)OC(C(=O)O)[C@@H]1O.CO[C@H]1C(C(=O)O)O[C@H](C)C(O)[C@H]1O. The topological polar surface area (TPSA) is 266 Å². The number of aliphatic carboxylic acids is 2. The van der Waals surface area contributed by atoms with E-state index < -0.39 is 73.0 Å². The van der Waals surface area contributed by atoms with E-state index in [0.717, 1.165) is 0 Å². The van der Waals surface area contributed by atoms with Gasteiger partial charge in [0.1, 0.15) is 36.6 Å². The van der Waals surface area contributed by atoms with Gasteiger partial charge in [-0.25, -0.2) is 9.59 Å². The first kappa shape index (κ1) is 39.0. The van der Waals surface area contributed by atoms with Gasteiger partial charge in [0.05, 0.1) is 42.6 Å². The van der Waals surface area contributed by atoms with Crippen molar-refractivity contribution in [3.05, 3.63) is 0 Å². The van der Waals surface area contributed by atoms with Gasteiger partial charge in [-0.1, -0.05) is 0 Å². The predicted molar refractivity (Wildman–Crippen MR) is 146 cm³/mol. The van der Waals surface area contributed by atoms with Crippen LogP contribution >= 0.6 is 0 Å². The van der Waals surface area contributed by atoms with Gasteiger partial charge >= 0.3 is 11.9 Å². The zero-order valence-corrected chi connectivity index (χ0v) is 25.6. The van der Waals surface area contributed by atoms with Crippen molar-refractivity contribution >= 4 is 17.8 Å². The minimum atomic E-state index is -1.36. The second kappa shape index (κ2) is 17.5. The third kappa shape index (κ3) is 9.98. The van der Waals surface area contributed by atoms with Crippen molar-refractivity contribution in [3.63, 3.8) is 0 Å². The van der Waals surface area contributed by atoms with Crippen molar-refractivity contribution in [2.75, 3.05) is 21.3 Å². The van der Waals surface area contributed by atoms with Gasteiger partial charge in [0.25, 0.3) is 0 Å². The highest BCUT2D eigenvalue weighted by atomic mass is 16.6. The van der Waals surface area contributed by atoms with E-state index in [4.69, 9.17) is 44.4 Å². The number of carbonyl (C=O) groups excluding carboxylic acids is 1. The third-order valence-corrected chi connectivity index (χ3v) is 7.54. The molecule has 0 saturated carbocycles. The number of amides is 1. The van der Waals surface area contributed by atoms with Crippen molar-refractivity contribution in [2.45, 2.75) is 126 Å². The van der Waals surface area contributed by atoms with Crippen molar-refractivity contribution in [3.8, 4) is 0 Å². The first-order valence-corrected chi connectivity index (χ1v) is 13.7. The molecular formula is C26H48N2O15. The van der Waals surface area contributed by atoms with Crippen LogP contribution in [-0.2, 0) is 42.8 Å². The summed E-state index contributed by atoms with van der Waals surface area (Å²) in [6, 6.07) is -0.401. The smallest absolute Gasteiger partial charge is 0.335 e. The number of carbonyl (C=O) groups is 3. The normalized spacial score (nSPS) is 42.8. The monoisotopic (exact) mass is 628 g/mol. The molecule has 3 aliphatic rings. The molecule has 0 bridgehead atoms. The maximum atomic E-state index is 11.0. The van der Waals surface area contributed by atoms with Gasteiger partial charge in [0.15, 0.2) is 12.2 Å². The lowest BCUT2D eigenvalue weighted by Crippen LogP contribution is -2.65. The summed E-state index contributed by atoms with van der Waals surface area (Å²) in [6.45, 7) is 8.32. The molecule has 15 atom stereocenters. The molecule has 9 N–H and O–H groups in total. The summed E-state index contributed by atoms with van der Waals surface area (Å²) < 4.78 is 30.5. The number of rotatable bonds is 6. The van der Waals surface area contributed by atoms with Gasteiger partial charge in [0, 0.05) is 28.3 Å². The molecule has 0 aromatic rings. The van der Waals surface area contributed by atoms with Crippen LogP contribution in [0.4, 0.5) is 0 Å². The van der Waals surface area contributed by atoms with Crippen LogP contribution < -0.4 is 11.1 Å². The van der Waals surface area contributed by atoms with E-state index in [1.807, 2.05) is 13.8 Å². The molecule has 17 heteroatoms. The lowest BCUT2D eigenvalue weighted by molar-refractivity contribution is -0.229. The van der Waals surface area contributed by atoms with Gasteiger partial charge in [-0.2, -0.15) is 0 Å². The highest BCUT2D eigenvalue weighted by Crippen LogP contribution is 2.24. The van der Waals surface area contributed by atoms with Crippen LogP contribution in [0.5, 0.6) is 0 Å². The highest BCUT2D eigenvalue weighted by molar-refractivity contribution is 5.74. The van der Waals surface area contributed by atoms with Crippen molar-refractivity contribution in [1.82, 2.24) is 5.32 Å². The van der Waals surface area contributed by atoms with Crippen LogP contribution in [0.25, 0.3) is 0 Å². The summed E-state index contributed by atoms with van der Waals surface area (Å²) in [5, 5.41) is 58.2. The van der Waals surface area contributed by atoms with Gasteiger partial charge in [-0.3, -0.25) is 4.79 Å². The molecule has 0 aromatic carbocycles. The van der Waals surface area contributed by atoms with Crippen LogP contribution in [0, 0.1) is 0 Å². The van der Waals surface area contributed by atoms with Crippen LogP contribution in [0.2, 0.25) is 0 Å². The molecule has 0 spiro atoms. The maximum absolute atomic E-state index is 11.0. The van der Waals surface area contributed by atoms with Gasteiger partial charge in [0.2, 0.25) is 5.91 Å². The van der Waals surface area contributed by atoms with Gasteiger partial charge < -0.3 is 70.1 Å². The quantitative estimate of drug-likeness (QED) is 0.144. The minimum Gasteiger partial charge on any atom is -0.479 e. The molecule has 3 rings (SSSR count). The molecule has 3 fully saturated rings. The minimum absolute atomic E-state index is 0.0602. The molecule has 3 heterocycles. The number of carboxylic acid groups (broad SMARTS) is 2. The Labute approximate surface area is 250 Å². The fourth-order valence-corrected chi connectivity index (χ4v) is 5.04. The summed E-state index contributed by atoms with van der Waals surface area (Å²) in [7, 11) is 4.16. The number of carboxylic acids is 2. The molecule has 0 aromatic heterocycles. The molecule has 0 aliphatic carbocycles. The van der Waals surface area contributed by atoms with E-state index in [9.17, 15) is 34.8 Å². The van der Waals surface area contributed by atoms with Crippen molar-refractivity contribution in [1.29, 1.82) is 0 Å². The highest BCUT2D eigenvalue weighted by Gasteiger charge is 2.47. The second-order valence-corrected chi connectivity index (χ2v) is 10.6. The first-order valence-electron chi connectivity index (χ1n) is 13.7. The van der Waals surface area contributed by atoms with E-state index in [-0.39, 0.29) is 36.3 Å². The van der Waals surface area contributed by atoms with E-state index >= 15 is 0 Å². The molecule has 3 aliphatic heterocycles. The summed E-state index contributed by atoms with van der Waals surface area (Å²) in [5.41, 5.74) is 5.96. The lowest BCUT2D eigenvalue weighted by Gasteiger charge is -2.43. The van der Waals surface area contributed by atoms with E-state index in [2.05, 4.69) is 5.32 Å². The zero-order valence-electron chi connectivity index (χ0n) is 25.6. The number of ether oxygens (including phenoxy) is 6. The second-order valence-electron chi connectivity index (χ2n) is 10.6. The van der Waals surface area contributed by atoms with E-state index in [1.54, 1.807) is 7.11 Å². The number of methoxy groups -OCH3 is 3. The average molecular weight is 629 g/mol. The van der Waals surface area contributed by atoms with Crippen molar-refractivity contribution in [2.24, 2.45) is 5.73 Å². The van der Waals surface area contributed by atoms with Crippen molar-refractivity contribution < 1.29 is 73.4 Å². The molecule has 1 amide bonds. The Hall–Kier alpha value is -2.03. The maximum Gasteiger partial charge on any atom is 0.335 e. The number of nitrogens with one attached hydrogen (secondary N) is 1. The molecule has 0 radical (unpaired) electrons. The molecule has 17 nitrogen and oxygen atoms in total. The molecule has 43 heavy (non-hydrogen) atoms. The summed E-state index contributed by atoms with van der Waals surface area (Å²) in [6.07, 6.45) is -11.1. The van der Waals surface area contributed by atoms with Gasteiger partial charge in [-0.15, -0.1) is 0 Å². The Bertz CT molecular complexity index is 897. The summed E-state index contributed by atoms with van der Waals surface area (Å²) >= 11 is 0. The third-order valence-electron chi connectivity index (χ3n) is 7.54. The number of aliphatic hydroxyl groups is 4. The van der Waals surface area contributed by atoms with Gasteiger partial charge in [-0.05, 0) is 27.7 Å². The Balaban J connectivity index is 0.000000323. The Kier molecular flexibility index (Phi) is 15.8. The van der Waals surface area contributed by atoms with Crippen LogP contribution in [0.15, 0.2) is 0 Å². The first-order chi connectivity index (χ1) is 19.9. The largest absolute Gasteiger partial charge is 0.479 e. The summed E-state index contributed by atoms with van der Waals surface area (Å²) in [5.74, 6) is -2.58. The molecular weight excluding hydrogens is 580 g/mol. The number of hydrogen-bond acceptors (Lipinski definition) is 14. The Morgan fingerprint density at radius 1 is 0.628 bits per heavy atom. The molecule has 252 valence electrons. The van der Waals surface area contributed by atoms with E-state index in [1.165, 1.54) is 35.0 Å². The molecule has 6 unspecified atom stereocenters. The number of aliphatic hydroxyl groups excluding tert-OH is 4. The number of hydrogen-bond donors (Lipinski definition) is 8. The Morgan fingerprint density at radius 3 is 1.53 bits per heavy atom.